The van der Waals surface area contributed by atoms with Gasteiger partial charge in [0, 0.05) is 30.0 Å². The maximum atomic E-state index is 12.9. The lowest BCUT2D eigenvalue weighted by molar-refractivity contribution is -0.137. The van der Waals surface area contributed by atoms with Crippen molar-refractivity contribution < 1.29 is 4.79 Å². The molecule has 0 spiro atoms. The molecular weight excluding hydrogens is 388 g/mol. The van der Waals surface area contributed by atoms with E-state index >= 15 is 0 Å². The van der Waals surface area contributed by atoms with Gasteiger partial charge in [0.25, 0.3) is 0 Å². The minimum Gasteiger partial charge on any atom is -0.338 e. The van der Waals surface area contributed by atoms with E-state index in [-0.39, 0.29) is 5.92 Å². The van der Waals surface area contributed by atoms with Crippen molar-refractivity contribution in [2.75, 3.05) is 19.6 Å². The van der Waals surface area contributed by atoms with Gasteiger partial charge in [0.05, 0.1) is 0 Å². The van der Waals surface area contributed by atoms with Gasteiger partial charge in [-0.15, -0.1) is 0 Å². The fraction of sp³-hybridized carbons (Fsp3) is 0.409. The first-order valence-electron chi connectivity index (χ1n) is 9.45. The number of nitrogens with zero attached hydrogens (tertiary/aromatic N) is 2. The summed E-state index contributed by atoms with van der Waals surface area (Å²) in [5, 5.41) is 0. The van der Waals surface area contributed by atoms with Crippen LogP contribution >= 0.6 is 15.9 Å². The summed E-state index contributed by atoms with van der Waals surface area (Å²) >= 11 is 3.54. The lowest BCUT2D eigenvalue weighted by atomic mass is 9.94. The summed E-state index contributed by atoms with van der Waals surface area (Å²) in [4.78, 5) is 17.4. The first-order valence-corrected chi connectivity index (χ1v) is 10.2. The predicted molar refractivity (Wildman–Crippen MR) is 110 cm³/mol. The quantitative estimate of drug-likeness (QED) is 0.682. The van der Waals surface area contributed by atoms with Crippen LogP contribution in [0.1, 0.15) is 30.9 Å². The van der Waals surface area contributed by atoms with E-state index in [1.807, 2.05) is 23.1 Å². The zero-order valence-electron chi connectivity index (χ0n) is 15.4. The highest BCUT2D eigenvalue weighted by atomic mass is 79.9. The zero-order chi connectivity index (χ0) is 18.4. The minimum absolute atomic E-state index is 0.164. The first-order chi connectivity index (χ1) is 12.7. The summed E-state index contributed by atoms with van der Waals surface area (Å²) in [7, 11) is 0. The Morgan fingerprint density at radius 1 is 1.08 bits per heavy atom. The lowest BCUT2D eigenvalue weighted by Crippen LogP contribution is -2.42. The summed E-state index contributed by atoms with van der Waals surface area (Å²) in [6.07, 6.45) is 1.91. The molecule has 0 aromatic heterocycles. The van der Waals surface area contributed by atoms with Crippen LogP contribution in [-0.4, -0.2) is 35.3 Å². The Bertz CT molecular complexity index is 711. The first kappa shape index (κ1) is 19.1. The normalized spacial score (nSPS) is 15.8. The van der Waals surface area contributed by atoms with Crippen LogP contribution in [0.15, 0.2) is 59.1 Å². The fourth-order valence-corrected chi connectivity index (χ4v) is 4.09. The molecule has 0 N–H and O–H groups in total. The average molecular weight is 415 g/mol. The van der Waals surface area contributed by atoms with Crippen molar-refractivity contribution in [2.24, 2.45) is 5.92 Å². The van der Waals surface area contributed by atoms with Crippen molar-refractivity contribution in [3.8, 4) is 0 Å². The van der Waals surface area contributed by atoms with E-state index < -0.39 is 0 Å². The molecule has 1 fully saturated rings. The van der Waals surface area contributed by atoms with Crippen LogP contribution in [0.4, 0.5) is 0 Å². The number of hydrogen-bond acceptors (Lipinski definition) is 2. The molecule has 1 amide bonds. The summed E-state index contributed by atoms with van der Waals surface area (Å²) in [6, 6.07) is 18.8. The highest BCUT2D eigenvalue weighted by Gasteiger charge is 2.28. The van der Waals surface area contributed by atoms with Crippen LogP contribution in [0.2, 0.25) is 0 Å². The smallest absolute Gasteiger partial charge is 0.226 e. The number of halogens is 1. The van der Waals surface area contributed by atoms with Gasteiger partial charge in [-0.05, 0) is 56.1 Å². The number of benzene rings is 2. The monoisotopic (exact) mass is 414 g/mol. The second kappa shape index (κ2) is 9.33. The molecule has 0 aliphatic carbocycles. The van der Waals surface area contributed by atoms with Crippen molar-refractivity contribution in [1.82, 2.24) is 9.80 Å². The van der Waals surface area contributed by atoms with Crippen LogP contribution < -0.4 is 0 Å². The van der Waals surface area contributed by atoms with Crippen LogP contribution in [-0.2, 0) is 17.9 Å². The Morgan fingerprint density at radius 2 is 1.77 bits per heavy atom. The second-order valence-corrected chi connectivity index (χ2v) is 7.93. The molecule has 1 saturated heterocycles. The van der Waals surface area contributed by atoms with Crippen LogP contribution in [0.25, 0.3) is 0 Å². The topological polar surface area (TPSA) is 23.6 Å². The van der Waals surface area contributed by atoms with E-state index in [0.717, 1.165) is 43.5 Å². The molecule has 1 aliphatic heterocycles. The molecule has 0 radical (unpaired) electrons. The van der Waals surface area contributed by atoms with Crippen LogP contribution in [0.5, 0.6) is 0 Å². The number of carbonyl (C=O) groups is 1. The molecule has 1 heterocycles. The number of rotatable bonds is 6. The molecule has 4 heteroatoms. The molecule has 26 heavy (non-hydrogen) atoms. The minimum atomic E-state index is 0.164. The van der Waals surface area contributed by atoms with Gasteiger partial charge in [0.1, 0.15) is 0 Å². The molecule has 0 saturated carbocycles. The maximum absolute atomic E-state index is 12.9. The third-order valence-corrected chi connectivity index (χ3v) is 5.63. The van der Waals surface area contributed by atoms with E-state index in [1.165, 1.54) is 11.1 Å². The van der Waals surface area contributed by atoms with Gasteiger partial charge in [-0.25, -0.2) is 0 Å². The highest BCUT2D eigenvalue weighted by molar-refractivity contribution is 9.10. The Kier molecular flexibility index (Phi) is 6.86. The summed E-state index contributed by atoms with van der Waals surface area (Å²) in [5.74, 6) is 0.482. The third kappa shape index (κ3) is 5.18. The van der Waals surface area contributed by atoms with E-state index in [4.69, 9.17) is 0 Å². The zero-order valence-corrected chi connectivity index (χ0v) is 17.0. The number of piperidine rings is 1. The third-order valence-electron chi connectivity index (χ3n) is 5.14. The van der Waals surface area contributed by atoms with Gasteiger partial charge < -0.3 is 4.90 Å². The molecule has 2 aromatic rings. The van der Waals surface area contributed by atoms with E-state index in [1.54, 1.807) is 0 Å². The Labute approximate surface area is 165 Å². The number of likely N-dealkylation sites (tertiary alicyclic amines) is 1. The van der Waals surface area contributed by atoms with Crippen molar-refractivity contribution in [2.45, 2.75) is 32.9 Å². The predicted octanol–water partition coefficient (Wildman–Crippen LogP) is 4.71. The van der Waals surface area contributed by atoms with Crippen LogP contribution in [0, 0.1) is 5.92 Å². The SMILES string of the molecule is CCN(Cc1ccccc1)C(=O)C1CCN(Cc2cccc(Br)c2)CC1. The van der Waals surface area contributed by atoms with Crippen molar-refractivity contribution in [3.05, 3.63) is 70.2 Å². The molecule has 0 unspecified atom stereocenters. The Hall–Kier alpha value is -1.65. The second-order valence-electron chi connectivity index (χ2n) is 7.02. The molecule has 0 atom stereocenters. The standard InChI is InChI=1S/C22H27BrN2O/c1-2-25(17-18-7-4-3-5-8-18)22(26)20-11-13-24(14-12-20)16-19-9-6-10-21(23)15-19/h3-10,15,20H,2,11-14,16-17H2,1H3. The molecular formula is C22H27BrN2O. The van der Waals surface area contributed by atoms with E-state index in [9.17, 15) is 4.79 Å². The summed E-state index contributed by atoms with van der Waals surface area (Å²) in [6.45, 7) is 6.50. The van der Waals surface area contributed by atoms with E-state index in [0.29, 0.717) is 12.5 Å². The van der Waals surface area contributed by atoms with Gasteiger partial charge in [0.15, 0.2) is 0 Å². The van der Waals surface area contributed by atoms with Crippen LogP contribution in [0.3, 0.4) is 0 Å². The van der Waals surface area contributed by atoms with Gasteiger partial charge in [-0.2, -0.15) is 0 Å². The van der Waals surface area contributed by atoms with Gasteiger partial charge in [-0.1, -0.05) is 58.4 Å². The molecule has 2 aromatic carbocycles. The maximum Gasteiger partial charge on any atom is 0.226 e. The molecule has 3 rings (SSSR count). The fourth-order valence-electron chi connectivity index (χ4n) is 3.64. The van der Waals surface area contributed by atoms with Crippen molar-refractivity contribution >= 4 is 21.8 Å². The number of amides is 1. The molecule has 0 bridgehead atoms. The Balaban J connectivity index is 1.52. The Morgan fingerprint density at radius 3 is 2.42 bits per heavy atom. The van der Waals surface area contributed by atoms with Crippen molar-refractivity contribution in [1.29, 1.82) is 0 Å². The average Bonchev–Trinajstić information content (AvgIpc) is 2.67. The van der Waals surface area contributed by atoms with Crippen molar-refractivity contribution in [3.63, 3.8) is 0 Å². The summed E-state index contributed by atoms with van der Waals surface area (Å²) in [5.41, 5.74) is 2.53. The molecule has 3 nitrogen and oxygen atoms in total. The molecule has 1 aliphatic rings. The van der Waals surface area contributed by atoms with Gasteiger partial charge >= 0.3 is 0 Å². The molecule has 138 valence electrons. The highest BCUT2D eigenvalue weighted by Crippen LogP contribution is 2.23. The van der Waals surface area contributed by atoms with Gasteiger partial charge in [-0.3, -0.25) is 9.69 Å². The largest absolute Gasteiger partial charge is 0.338 e. The van der Waals surface area contributed by atoms with Gasteiger partial charge in [0.2, 0.25) is 5.91 Å². The number of carbonyl (C=O) groups excluding carboxylic acids is 1. The number of hydrogen-bond donors (Lipinski definition) is 0. The lowest BCUT2D eigenvalue weighted by Gasteiger charge is -2.34. The summed E-state index contributed by atoms with van der Waals surface area (Å²) < 4.78 is 1.12. The van der Waals surface area contributed by atoms with E-state index in [2.05, 4.69) is 64.2 Å².